The summed E-state index contributed by atoms with van der Waals surface area (Å²) in [4.78, 5) is 41.4. The van der Waals surface area contributed by atoms with Crippen molar-refractivity contribution in [1.82, 2.24) is 14.9 Å². The van der Waals surface area contributed by atoms with Gasteiger partial charge in [-0.1, -0.05) is 30.7 Å². The lowest BCUT2D eigenvalue weighted by Crippen LogP contribution is -2.56. The predicted molar refractivity (Wildman–Crippen MR) is 179 cm³/mol. The summed E-state index contributed by atoms with van der Waals surface area (Å²) in [6.07, 6.45) is 8.06. The number of aromatic nitrogens is 2. The molecule has 2 saturated heterocycles. The lowest BCUT2D eigenvalue weighted by molar-refractivity contribution is -0.138. The molecular weight excluding hydrogens is 596 g/mol. The van der Waals surface area contributed by atoms with Gasteiger partial charge in [-0.15, -0.1) is 0 Å². The molecule has 1 aliphatic carbocycles. The Bertz CT molecular complexity index is 1840. The van der Waals surface area contributed by atoms with E-state index in [2.05, 4.69) is 10.2 Å². The van der Waals surface area contributed by atoms with Gasteiger partial charge < -0.3 is 34.6 Å². The number of likely N-dealkylation sites (tertiary alicyclic amines) is 1. The highest BCUT2D eigenvalue weighted by Crippen LogP contribution is 2.52. The Kier molecular flexibility index (Phi) is 7.27. The molecule has 0 bridgehead atoms. The molecular formula is C36H42N6O5. The van der Waals surface area contributed by atoms with Crippen molar-refractivity contribution in [2.75, 3.05) is 34.8 Å². The highest BCUT2D eigenvalue weighted by Gasteiger charge is 2.48. The molecule has 1 unspecified atom stereocenters. The van der Waals surface area contributed by atoms with Crippen molar-refractivity contribution < 1.29 is 24.2 Å². The fourth-order valence-corrected chi connectivity index (χ4v) is 8.18. The number of fused-ring (bicyclic) bond motifs is 4. The number of carboxylic acid groups (broad SMARTS) is 1. The second kappa shape index (κ2) is 11.4. The van der Waals surface area contributed by atoms with Crippen LogP contribution in [0.25, 0.3) is 22.1 Å². The van der Waals surface area contributed by atoms with Crippen LogP contribution in [-0.2, 0) is 15.0 Å². The molecule has 3 fully saturated rings. The number of para-hydroxylation sites is 3. The zero-order chi connectivity index (χ0) is 32.3. The van der Waals surface area contributed by atoms with Gasteiger partial charge in [0.05, 0.1) is 11.4 Å². The van der Waals surface area contributed by atoms with Gasteiger partial charge >= 0.3 is 5.97 Å². The third kappa shape index (κ3) is 5.24. The van der Waals surface area contributed by atoms with E-state index >= 15 is 0 Å². The first-order valence-electron chi connectivity index (χ1n) is 17.1. The van der Waals surface area contributed by atoms with Gasteiger partial charge in [0.1, 0.15) is 23.0 Å². The van der Waals surface area contributed by atoms with Gasteiger partial charge in [0, 0.05) is 49.8 Å². The van der Waals surface area contributed by atoms with Crippen LogP contribution >= 0.6 is 0 Å². The number of hydrogen-bond acceptors (Lipinski definition) is 9. The van der Waals surface area contributed by atoms with Crippen LogP contribution in [0.1, 0.15) is 77.0 Å². The van der Waals surface area contributed by atoms with Crippen LogP contribution in [0.3, 0.4) is 0 Å². The number of anilines is 3. The van der Waals surface area contributed by atoms with E-state index in [1.807, 2.05) is 58.3 Å². The van der Waals surface area contributed by atoms with E-state index in [1.165, 1.54) is 0 Å². The molecule has 5 heterocycles. The number of carbonyl (C=O) groups is 2. The SMILES string of the molecule is CC1(O)Nc2ccccc2N1C1CCN(C(=O)CCCCC2(c3nc(N4CCC[C@H]4C(=O)O)c4oc5ccccc5c4n3)CC2)CC1. The molecule has 3 N–H and O–H groups in total. The van der Waals surface area contributed by atoms with Gasteiger partial charge in [-0.25, -0.2) is 14.8 Å². The van der Waals surface area contributed by atoms with E-state index < -0.39 is 17.9 Å². The summed E-state index contributed by atoms with van der Waals surface area (Å²) in [5, 5.41) is 25.2. The summed E-state index contributed by atoms with van der Waals surface area (Å²) in [6.45, 7) is 3.78. The average molecular weight is 639 g/mol. The van der Waals surface area contributed by atoms with Crippen molar-refractivity contribution >= 4 is 51.1 Å². The Labute approximate surface area is 273 Å². The Morgan fingerprint density at radius 1 is 1.00 bits per heavy atom. The van der Waals surface area contributed by atoms with Crippen LogP contribution in [-0.4, -0.2) is 74.5 Å². The van der Waals surface area contributed by atoms with Crippen molar-refractivity contribution in [1.29, 1.82) is 0 Å². The number of amides is 1. The Balaban J connectivity index is 0.919. The van der Waals surface area contributed by atoms with E-state index in [1.54, 1.807) is 6.92 Å². The van der Waals surface area contributed by atoms with Crippen molar-refractivity contribution in [2.45, 2.75) is 94.5 Å². The Morgan fingerprint density at radius 3 is 2.55 bits per heavy atom. The fourth-order valence-electron chi connectivity index (χ4n) is 8.18. The van der Waals surface area contributed by atoms with E-state index in [-0.39, 0.29) is 17.4 Å². The van der Waals surface area contributed by atoms with Gasteiger partial charge in [-0.2, -0.15) is 0 Å². The van der Waals surface area contributed by atoms with E-state index in [9.17, 15) is 19.8 Å². The zero-order valence-corrected chi connectivity index (χ0v) is 26.8. The molecule has 8 rings (SSSR count). The normalized spacial score (nSPS) is 23.8. The van der Waals surface area contributed by atoms with E-state index in [0.29, 0.717) is 43.9 Å². The van der Waals surface area contributed by atoms with Crippen LogP contribution < -0.4 is 15.1 Å². The largest absolute Gasteiger partial charge is 0.480 e. The van der Waals surface area contributed by atoms with E-state index in [4.69, 9.17) is 14.4 Å². The third-order valence-electron chi connectivity index (χ3n) is 10.8. The number of carbonyl (C=O) groups excluding carboxylic acids is 1. The molecule has 3 aliphatic heterocycles. The maximum Gasteiger partial charge on any atom is 0.326 e. The number of nitrogens with one attached hydrogen (secondary N) is 1. The molecule has 2 atom stereocenters. The van der Waals surface area contributed by atoms with Crippen LogP contribution in [0.2, 0.25) is 0 Å². The fraction of sp³-hybridized carbons (Fsp3) is 0.500. The van der Waals surface area contributed by atoms with Gasteiger partial charge in [-0.05, 0) is 75.6 Å². The number of carboxylic acids is 1. The molecule has 4 aromatic rings. The minimum absolute atomic E-state index is 0.154. The van der Waals surface area contributed by atoms with Crippen LogP contribution in [0.15, 0.2) is 52.9 Å². The molecule has 11 heteroatoms. The summed E-state index contributed by atoms with van der Waals surface area (Å²) < 4.78 is 6.24. The van der Waals surface area contributed by atoms with Gasteiger partial charge in [0.15, 0.2) is 11.4 Å². The predicted octanol–water partition coefficient (Wildman–Crippen LogP) is 5.61. The highest BCUT2D eigenvalue weighted by molar-refractivity contribution is 6.06. The number of aliphatic hydroxyl groups is 1. The summed E-state index contributed by atoms with van der Waals surface area (Å²) in [7, 11) is 0. The van der Waals surface area contributed by atoms with Crippen molar-refractivity contribution in [3.63, 3.8) is 0 Å². The Hall–Kier alpha value is -4.38. The molecule has 246 valence electrons. The molecule has 4 aliphatic rings. The summed E-state index contributed by atoms with van der Waals surface area (Å²) >= 11 is 0. The first kappa shape index (κ1) is 30.0. The van der Waals surface area contributed by atoms with Crippen molar-refractivity contribution in [3.05, 3.63) is 54.4 Å². The lowest BCUT2D eigenvalue weighted by atomic mass is 9.96. The molecule has 1 saturated carbocycles. The number of furan rings is 1. The number of rotatable bonds is 9. The Morgan fingerprint density at radius 2 is 1.77 bits per heavy atom. The molecule has 2 aromatic carbocycles. The lowest BCUT2D eigenvalue weighted by Gasteiger charge is -2.42. The third-order valence-corrected chi connectivity index (χ3v) is 10.8. The smallest absolute Gasteiger partial charge is 0.326 e. The zero-order valence-electron chi connectivity index (χ0n) is 26.8. The van der Waals surface area contributed by atoms with Crippen LogP contribution in [0.4, 0.5) is 17.2 Å². The second-order valence-electron chi connectivity index (χ2n) is 14.0. The monoisotopic (exact) mass is 638 g/mol. The van der Waals surface area contributed by atoms with Crippen LogP contribution in [0, 0.1) is 0 Å². The standard InChI is InChI=1S/C36H42N6O5/c1-35(46)39-25-10-3-4-11-26(25)42(35)23-15-21-40(22-16-23)29(43)14-6-7-17-36(18-19-36)34-37-30-24-9-2-5-13-28(24)47-31(30)32(38-34)41-20-8-12-27(41)33(44)45/h2-5,9-11,13,23,27,39,46H,6-8,12,14-22H2,1H3,(H,44,45)/t27-,35?/m0/s1. The van der Waals surface area contributed by atoms with Crippen molar-refractivity contribution in [3.8, 4) is 0 Å². The first-order chi connectivity index (χ1) is 22.7. The molecule has 11 nitrogen and oxygen atoms in total. The van der Waals surface area contributed by atoms with Gasteiger partial charge in [0.25, 0.3) is 0 Å². The molecule has 1 amide bonds. The maximum atomic E-state index is 13.2. The topological polar surface area (TPSA) is 135 Å². The van der Waals surface area contributed by atoms with Gasteiger partial charge in [-0.3, -0.25) is 4.79 Å². The molecule has 47 heavy (non-hydrogen) atoms. The second-order valence-corrected chi connectivity index (χ2v) is 14.0. The number of unbranched alkanes of at least 4 members (excludes halogenated alkanes) is 1. The first-order valence-corrected chi connectivity index (χ1v) is 17.1. The van der Waals surface area contributed by atoms with Gasteiger partial charge in [0.2, 0.25) is 11.8 Å². The minimum atomic E-state index is -1.15. The number of aliphatic carboxylic acids is 1. The molecule has 0 spiro atoms. The number of nitrogens with zero attached hydrogens (tertiary/aromatic N) is 5. The maximum absolute atomic E-state index is 13.2. The summed E-state index contributed by atoms with van der Waals surface area (Å²) in [6, 6.07) is 15.3. The average Bonchev–Trinajstić information content (AvgIpc) is 3.39. The summed E-state index contributed by atoms with van der Waals surface area (Å²) in [5.41, 5.74) is 3.82. The van der Waals surface area contributed by atoms with E-state index in [0.717, 1.165) is 85.1 Å². The number of piperidine rings is 1. The quantitative estimate of drug-likeness (QED) is 0.199. The number of hydrogen-bond donors (Lipinski definition) is 3. The molecule has 0 radical (unpaired) electrons. The highest BCUT2D eigenvalue weighted by atomic mass is 16.4. The molecule has 2 aromatic heterocycles. The summed E-state index contributed by atoms with van der Waals surface area (Å²) in [5.74, 6) is -0.438. The minimum Gasteiger partial charge on any atom is -0.480 e. The van der Waals surface area contributed by atoms with Crippen molar-refractivity contribution in [2.24, 2.45) is 0 Å². The van der Waals surface area contributed by atoms with Crippen LogP contribution in [0.5, 0.6) is 0 Å². The number of benzene rings is 2.